The Labute approximate surface area is 115 Å². The fraction of sp³-hybridized carbons (Fsp3) is 0.538. The number of rotatable bonds is 4. The third-order valence-electron chi connectivity index (χ3n) is 3.71. The lowest BCUT2D eigenvalue weighted by Gasteiger charge is -2.19. The van der Waals surface area contributed by atoms with Gasteiger partial charge in [0.1, 0.15) is 10.5 Å². The molecule has 0 bridgehead atoms. The van der Waals surface area contributed by atoms with E-state index in [0.29, 0.717) is 17.3 Å². The summed E-state index contributed by atoms with van der Waals surface area (Å²) in [7, 11) is 2.16. The molecule has 6 heteroatoms. The van der Waals surface area contributed by atoms with Gasteiger partial charge in [-0.2, -0.15) is 0 Å². The maximum atomic E-state index is 11.8. The summed E-state index contributed by atoms with van der Waals surface area (Å²) in [6.07, 6.45) is 2.52. The highest BCUT2D eigenvalue weighted by Crippen LogP contribution is 2.14. The summed E-state index contributed by atoms with van der Waals surface area (Å²) in [5.74, 6) is 0.719. The molecule has 1 fully saturated rings. The van der Waals surface area contributed by atoms with Crippen molar-refractivity contribution in [2.75, 3.05) is 20.1 Å². The van der Waals surface area contributed by atoms with Crippen LogP contribution in [0.15, 0.2) is 16.2 Å². The molecule has 1 aliphatic heterocycles. The van der Waals surface area contributed by atoms with E-state index in [9.17, 15) is 4.79 Å². The smallest absolute Gasteiger partial charge is 0.268 e. The van der Waals surface area contributed by atoms with Gasteiger partial charge in [-0.15, -0.1) is 11.3 Å². The van der Waals surface area contributed by atoms with E-state index in [1.165, 1.54) is 30.7 Å². The van der Waals surface area contributed by atoms with E-state index in [0.717, 1.165) is 17.9 Å². The van der Waals surface area contributed by atoms with Crippen molar-refractivity contribution >= 4 is 21.6 Å². The van der Waals surface area contributed by atoms with Crippen LogP contribution in [0.4, 0.5) is 0 Å². The molecule has 0 radical (unpaired) electrons. The Balaban J connectivity index is 1.63. The van der Waals surface area contributed by atoms with Crippen LogP contribution in [-0.2, 0) is 6.54 Å². The van der Waals surface area contributed by atoms with Gasteiger partial charge in [0.05, 0.1) is 12.1 Å². The van der Waals surface area contributed by atoms with Crippen molar-refractivity contribution in [3.63, 3.8) is 0 Å². The highest BCUT2D eigenvalue weighted by atomic mass is 32.1. The number of nitrogens with one attached hydrogen (secondary N) is 2. The van der Waals surface area contributed by atoms with Crippen LogP contribution in [0.2, 0.25) is 0 Å². The quantitative estimate of drug-likeness (QED) is 0.881. The number of hydrogen-bond donors (Lipinski definition) is 2. The standard InChI is InChI=1S/C13H18N4OS/c1-17-5-2-3-9(17)7-14-8-11-15-10-4-6-19-12(10)13(18)16-11/h4,6,9,14H,2-3,5,7-8H2,1H3,(H,15,16,18). The lowest BCUT2D eigenvalue weighted by Crippen LogP contribution is -2.35. The first kappa shape index (κ1) is 12.8. The van der Waals surface area contributed by atoms with Gasteiger partial charge in [-0.3, -0.25) is 4.79 Å². The maximum absolute atomic E-state index is 11.8. The molecule has 1 unspecified atom stereocenters. The molecule has 19 heavy (non-hydrogen) atoms. The summed E-state index contributed by atoms with van der Waals surface area (Å²) in [5.41, 5.74) is 0.762. The molecule has 0 saturated carbocycles. The van der Waals surface area contributed by atoms with Gasteiger partial charge in [-0.25, -0.2) is 4.98 Å². The topological polar surface area (TPSA) is 61.0 Å². The molecule has 1 atom stereocenters. The molecule has 2 aromatic heterocycles. The van der Waals surface area contributed by atoms with Gasteiger partial charge in [0.2, 0.25) is 0 Å². The van der Waals surface area contributed by atoms with E-state index in [-0.39, 0.29) is 5.56 Å². The monoisotopic (exact) mass is 278 g/mol. The number of fused-ring (bicyclic) bond motifs is 1. The number of H-pyrrole nitrogens is 1. The fourth-order valence-corrected chi connectivity index (χ4v) is 3.33. The Kier molecular flexibility index (Phi) is 3.63. The van der Waals surface area contributed by atoms with Crippen molar-refractivity contribution in [1.82, 2.24) is 20.2 Å². The van der Waals surface area contributed by atoms with Gasteiger partial charge in [-0.05, 0) is 37.9 Å². The SMILES string of the molecule is CN1CCCC1CNCc1nc2ccsc2c(=O)[nH]1. The van der Waals surface area contributed by atoms with Gasteiger partial charge < -0.3 is 15.2 Å². The minimum atomic E-state index is -0.0326. The highest BCUT2D eigenvalue weighted by Gasteiger charge is 2.19. The van der Waals surface area contributed by atoms with Gasteiger partial charge in [0.15, 0.2) is 0 Å². The highest BCUT2D eigenvalue weighted by molar-refractivity contribution is 7.17. The van der Waals surface area contributed by atoms with Crippen molar-refractivity contribution in [2.45, 2.75) is 25.4 Å². The lowest BCUT2D eigenvalue weighted by atomic mass is 10.2. The molecule has 0 aromatic carbocycles. The third kappa shape index (κ3) is 2.70. The maximum Gasteiger partial charge on any atom is 0.268 e. The first-order valence-electron chi connectivity index (χ1n) is 6.61. The van der Waals surface area contributed by atoms with Crippen LogP contribution in [0.25, 0.3) is 10.2 Å². The largest absolute Gasteiger partial charge is 0.308 e. The average molecular weight is 278 g/mol. The zero-order valence-electron chi connectivity index (χ0n) is 11.0. The molecular formula is C13H18N4OS. The molecule has 3 rings (SSSR count). The van der Waals surface area contributed by atoms with Gasteiger partial charge in [-0.1, -0.05) is 0 Å². The second-order valence-corrected chi connectivity index (χ2v) is 5.97. The molecule has 5 nitrogen and oxygen atoms in total. The van der Waals surface area contributed by atoms with Gasteiger partial charge in [0.25, 0.3) is 5.56 Å². The molecule has 2 aromatic rings. The van der Waals surface area contributed by atoms with Crippen LogP contribution in [-0.4, -0.2) is 41.0 Å². The predicted molar refractivity (Wildman–Crippen MR) is 77.6 cm³/mol. The Hall–Kier alpha value is -1.24. The molecule has 1 saturated heterocycles. The average Bonchev–Trinajstić information content (AvgIpc) is 2.99. The van der Waals surface area contributed by atoms with E-state index in [1.807, 2.05) is 11.4 Å². The molecule has 3 heterocycles. The minimum absolute atomic E-state index is 0.0326. The summed E-state index contributed by atoms with van der Waals surface area (Å²) in [4.78, 5) is 21.5. The summed E-state index contributed by atoms with van der Waals surface area (Å²) >= 11 is 1.43. The van der Waals surface area contributed by atoms with E-state index in [4.69, 9.17) is 0 Å². The number of aromatic amines is 1. The van der Waals surface area contributed by atoms with E-state index >= 15 is 0 Å². The summed E-state index contributed by atoms with van der Waals surface area (Å²) < 4.78 is 0.708. The third-order valence-corrected chi connectivity index (χ3v) is 4.61. The summed E-state index contributed by atoms with van der Waals surface area (Å²) in [6, 6.07) is 2.50. The number of aromatic nitrogens is 2. The van der Waals surface area contributed by atoms with E-state index < -0.39 is 0 Å². The molecule has 0 aliphatic carbocycles. The number of likely N-dealkylation sites (tertiary alicyclic amines) is 1. The van der Waals surface area contributed by atoms with Crippen molar-refractivity contribution in [3.05, 3.63) is 27.6 Å². The second-order valence-electron chi connectivity index (χ2n) is 5.06. The first-order valence-corrected chi connectivity index (χ1v) is 7.49. The van der Waals surface area contributed by atoms with Crippen LogP contribution in [0.5, 0.6) is 0 Å². The van der Waals surface area contributed by atoms with Crippen molar-refractivity contribution < 1.29 is 0 Å². The number of hydrogen-bond acceptors (Lipinski definition) is 5. The Bertz CT molecular complexity index is 620. The number of thiophene rings is 1. The van der Waals surface area contributed by atoms with Crippen LogP contribution >= 0.6 is 11.3 Å². The predicted octanol–water partition coefficient (Wildman–Crippen LogP) is 1.17. The second kappa shape index (κ2) is 5.40. The van der Waals surface area contributed by atoms with Gasteiger partial charge >= 0.3 is 0 Å². The van der Waals surface area contributed by atoms with Crippen molar-refractivity contribution in [3.8, 4) is 0 Å². The number of nitrogens with zero attached hydrogens (tertiary/aromatic N) is 2. The van der Waals surface area contributed by atoms with Crippen LogP contribution in [0.3, 0.4) is 0 Å². The fourth-order valence-electron chi connectivity index (χ4n) is 2.60. The van der Waals surface area contributed by atoms with Crippen LogP contribution < -0.4 is 10.9 Å². The minimum Gasteiger partial charge on any atom is -0.308 e. The molecular weight excluding hydrogens is 260 g/mol. The van der Waals surface area contributed by atoms with Crippen molar-refractivity contribution in [1.29, 1.82) is 0 Å². The van der Waals surface area contributed by atoms with Crippen molar-refractivity contribution in [2.24, 2.45) is 0 Å². The number of likely N-dealkylation sites (N-methyl/N-ethyl adjacent to an activating group) is 1. The Morgan fingerprint density at radius 2 is 2.53 bits per heavy atom. The summed E-state index contributed by atoms with van der Waals surface area (Å²) in [5, 5.41) is 5.29. The molecule has 1 aliphatic rings. The zero-order valence-corrected chi connectivity index (χ0v) is 11.8. The Morgan fingerprint density at radius 3 is 3.32 bits per heavy atom. The van der Waals surface area contributed by atoms with Crippen LogP contribution in [0.1, 0.15) is 18.7 Å². The van der Waals surface area contributed by atoms with Gasteiger partial charge in [0, 0.05) is 12.6 Å². The van der Waals surface area contributed by atoms with Crippen LogP contribution in [0, 0.1) is 0 Å². The molecule has 0 amide bonds. The molecule has 0 spiro atoms. The van der Waals surface area contributed by atoms with E-state index in [1.54, 1.807) is 0 Å². The normalized spacial score (nSPS) is 20.4. The summed E-state index contributed by atoms with van der Waals surface area (Å²) in [6.45, 7) is 2.75. The Morgan fingerprint density at radius 1 is 1.63 bits per heavy atom. The van der Waals surface area contributed by atoms with E-state index in [2.05, 4.69) is 27.2 Å². The zero-order chi connectivity index (χ0) is 13.2. The first-order chi connectivity index (χ1) is 9.24. The molecule has 2 N–H and O–H groups in total. The molecule has 102 valence electrons. The lowest BCUT2D eigenvalue weighted by molar-refractivity contribution is 0.299.